The van der Waals surface area contributed by atoms with Crippen LogP contribution in [0.15, 0.2) is 36.5 Å². The topological polar surface area (TPSA) is 51.5 Å². The summed E-state index contributed by atoms with van der Waals surface area (Å²) in [5.41, 5.74) is 2.07. The van der Waals surface area contributed by atoms with Gasteiger partial charge in [-0.25, -0.2) is 9.50 Å². The lowest BCUT2D eigenvalue weighted by atomic mass is 10.2. The zero-order valence-corrected chi connectivity index (χ0v) is 12.3. The van der Waals surface area contributed by atoms with Crippen molar-refractivity contribution in [2.45, 2.75) is 18.9 Å². The van der Waals surface area contributed by atoms with E-state index in [4.69, 9.17) is 4.74 Å². The Balaban J connectivity index is 1.51. The van der Waals surface area contributed by atoms with Gasteiger partial charge in [-0.2, -0.15) is 0 Å². The molecule has 5 nitrogen and oxygen atoms in total. The van der Waals surface area contributed by atoms with E-state index in [-0.39, 0.29) is 0 Å². The van der Waals surface area contributed by atoms with Crippen LogP contribution in [0, 0.1) is 0 Å². The van der Waals surface area contributed by atoms with Crippen molar-refractivity contribution in [3.05, 3.63) is 36.5 Å². The summed E-state index contributed by atoms with van der Waals surface area (Å²) in [6, 6.07) is 10.2. The number of anilines is 1. The van der Waals surface area contributed by atoms with Crippen LogP contribution in [0.2, 0.25) is 0 Å². The third-order valence-electron chi connectivity index (χ3n) is 3.62. The molecule has 1 saturated heterocycles. The zero-order chi connectivity index (χ0) is 14.1. The maximum atomic E-state index is 5.60. The number of nitrogens with one attached hydrogen (secondary N) is 1. The minimum Gasteiger partial charge on any atom is -0.376 e. The first kappa shape index (κ1) is 12.8. The fourth-order valence-corrected chi connectivity index (χ4v) is 3.31. The van der Waals surface area contributed by atoms with E-state index in [1.165, 1.54) is 0 Å². The highest BCUT2D eigenvalue weighted by Crippen LogP contribution is 2.24. The van der Waals surface area contributed by atoms with Gasteiger partial charge >= 0.3 is 0 Å². The molecule has 0 saturated carbocycles. The molecule has 3 aromatic rings. The number of benzene rings is 1. The average molecular weight is 300 g/mol. The fourth-order valence-electron chi connectivity index (χ4n) is 2.53. The smallest absolute Gasteiger partial charge is 0.214 e. The van der Waals surface area contributed by atoms with Gasteiger partial charge in [-0.15, -0.1) is 5.10 Å². The Bertz CT molecular complexity index is 699. The molecule has 6 heteroatoms. The fraction of sp³-hybridized carbons (Fsp3) is 0.333. The Morgan fingerprint density at radius 1 is 1.33 bits per heavy atom. The predicted molar refractivity (Wildman–Crippen MR) is 83.8 cm³/mol. The number of nitrogens with zero attached hydrogens (tertiary/aromatic N) is 3. The molecule has 4 rings (SSSR count). The molecular formula is C15H16N4OS. The number of imidazole rings is 1. The molecule has 0 amide bonds. The molecular weight excluding hydrogens is 284 g/mol. The second-order valence-corrected chi connectivity index (χ2v) is 6.10. The molecule has 1 aliphatic heterocycles. The summed E-state index contributed by atoms with van der Waals surface area (Å²) in [6.45, 7) is 1.70. The molecule has 1 aromatic carbocycles. The molecule has 0 aliphatic carbocycles. The molecule has 1 atom stereocenters. The third-order valence-corrected chi connectivity index (χ3v) is 4.50. The van der Waals surface area contributed by atoms with Crippen LogP contribution in [0.3, 0.4) is 0 Å². The van der Waals surface area contributed by atoms with Crippen molar-refractivity contribution in [2.75, 3.05) is 18.5 Å². The number of fused-ring (bicyclic) bond motifs is 1. The zero-order valence-electron chi connectivity index (χ0n) is 11.5. The Hall–Kier alpha value is -1.92. The number of hydrogen-bond acceptors (Lipinski definition) is 5. The van der Waals surface area contributed by atoms with Gasteiger partial charge in [0.15, 0.2) is 0 Å². The summed E-state index contributed by atoms with van der Waals surface area (Å²) >= 11 is 1.57. The Kier molecular flexibility index (Phi) is 3.33. The monoisotopic (exact) mass is 300 g/mol. The van der Waals surface area contributed by atoms with Crippen molar-refractivity contribution >= 4 is 21.4 Å². The van der Waals surface area contributed by atoms with Crippen molar-refractivity contribution in [1.82, 2.24) is 14.6 Å². The van der Waals surface area contributed by atoms with Crippen molar-refractivity contribution in [3.8, 4) is 11.3 Å². The van der Waals surface area contributed by atoms with Crippen molar-refractivity contribution in [1.29, 1.82) is 0 Å². The van der Waals surface area contributed by atoms with E-state index in [1.54, 1.807) is 11.3 Å². The Morgan fingerprint density at radius 3 is 3.00 bits per heavy atom. The van der Waals surface area contributed by atoms with Crippen LogP contribution < -0.4 is 5.32 Å². The number of aromatic nitrogens is 3. The van der Waals surface area contributed by atoms with Crippen molar-refractivity contribution in [3.63, 3.8) is 0 Å². The van der Waals surface area contributed by atoms with E-state index in [0.717, 1.165) is 47.3 Å². The Labute approximate surface area is 126 Å². The summed E-state index contributed by atoms with van der Waals surface area (Å²) in [5.74, 6) is 0. The summed E-state index contributed by atoms with van der Waals surface area (Å²) in [7, 11) is 0. The van der Waals surface area contributed by atoms with Gasteiger partial charge in [-0.1, -0.05) is 41.7 Å². The first-order valence-electron chi connectivity index (χ1n) is 7.15. The van der Waals surface area contributed by atoms with Crippen LogP contribution in [-0.2, 0) is 4.74 Å². The van der Waals surface area contributed by atoms with Gasteiger partial charge in [0, 0.05) is 18.7 Å². The predicted octanol–water partition coefficient (Wildman–Crippen LogP) is 3.05. The van der Waals surface area contributed by atoms with E-state index in [9.17, 15) is 0 Å². The molecule has 0 radical (unpaired) electrons. The Morgan fingerprint density at radius 2 is 2.24 bits per heavy atom. The van der Waals surface area contributed by atoms with Gasteiger partial charge in [0.05, 0.1) is 18.0 Å². The number of hydrogen-bond donors (Lipinski definition) is 1. The van der Waals surface area contributed by atoms with Crippen LogP contribution in [0.5, 0.6) is 0 Å². The van der Waals surface area contributed by atoms with Gasteiger partial charge < -0.3 is 10.1 Å². The quantitative estimate of drug-likeness (QED) is 0.804. The largest absolute Gasteiger partial charge is 0.376 e. The summed E-state index contributed by atoms with van der Waals surface area (Å²) in [4.78, 5) is 5.54. The van der Waals surface area contributed by atoms with Crippen LogP contribution in [0.1, 0.15) is 12.8 Å². The molecule has 0 unspecified atom stereocenters. The molecule has 21 heavy (non-hydrogen) atoms. The molecule has 1 fully saturated rings. The minimum absolute atomic E-state index is 0.320. The minimum atomic E-state index is 0.320. The van der Waals surface area contributed by atoms with E-state index in [1.807, 2.05) is 28.9 Å². The molecule has 0 bridgehead atoms. The van der Waals surface area contributed by atoms with Gasteiger partial charge in [0.25, 0.3) is 0 Å². The maximum Gasteiger partial charge on any atom is 0.214 e. The van der Waals surface area contributed by atoms with Crippen molar-refractivity contribution < 1.29 is 4.74 Å². The average Bonchev–Trinajstić information content (AvgIpc) is 3.22. The lowest BCUT2D eigenvalue weighted by Crippen LogP contribution is -2.18. The van der Waals surface area contributed by atoms with E-state index in [2.05, 4.69) is 27.5 Å². The van der Waals surface area contributed by atoms with Crippen LogP contribution in [0.25, 0.3) is 16.2 Å². The van der Waals surface area contributed by atoms with E-state index < -0.39 is 0 Å². The highest BCUT2D eigenvalue weighted by atomic mass is 32.1. The summed E-state index contributed by atoms with van der Waals surface area (Å²) in [6.07, 6.45) is 4.58. The summed E-state index contributed by atoms with van der Waals surface area (Å²) < 4.78 is 7.44. The highest BCUT2D eigenvalue weighted by Gasteiger charge is 2.16. The van der Waals surface area contributed by atoms with Gasteiger partial charge in [0.2, 0.25) is 10.1 Å². The highest BCUT2D eigenvalue weighted by molar-refractivity contribution is 7.20. The second kappa shape index (κ2) is 5.46. The number of ether oxygens (including phenoxy) is 1. The normalized spacial score (nSPS) is 18.4. The standard InChI is InChI=1S/C15H16N4OS/c1-2-5-11(6-3-1)13-10-19-15(17-13)21-14(18-19)16-9-12-7-4-8-20-12/h1-3,5-6,10,12H,4,7-9H2,(H,16,18)/t12-/m1/s1. The SMILES string of the molecule is c1ccc(-c2cn3nc(NC[C@H]4CCCO4)sc3n2)cc1. The van der Waals surface area contributed by atoms with E-state index >= 15 is 0 Å². The molecule has 108 valence electrons. The first-order chi connectivity index (χ1) is 10.4. The third kappa shape index (κ3) is 2.64. The van der Waals surface area contributed by atoms with Crippen LogP contribution in [-0.4, -0.2) is 33.9 Å². The van der Waals surface area contributed by atoms with Gasteiger partial charge in [-0.05, 0) is 12.8 Å². The van der Waals surface area contributed by atoms with E-state index in [0.29, 0.717) is 6.10 Å². The first-order valence-corrected chi connectivity index (χ1v) is 7.97. The van der Waals surface area contributed by atoms with Gasteiger partial charge in [-0.3, -0.25) is 0 Å². The lowest BCUT2D eigenvalue weighted by molar-refractivity contribution is 0.120. The second-order valence-electron chi connectivity index (χ2n) is 5.14. The molecule has 1 aliphatic rings. The molecule has 1 N–H and O–H groups in total. The van der Waals surface area contributed by atoms with Crippen LogP contribution >= 0.6 is 11.3 Å². The molecule has 3 heterocycles. The van der Waals surface area contributed by atoms with Crippen molar-refractivity contribution in [2.24, 2.45) is 0 Å². The maximum absolute atomic E-state index is 5.60. The molecule has 2 aromatic heterocycles. The van der Waals surface area contributed by atoms with Gasteiger partial charge in [0.1, 0.15) is 0 Å². The summed E-state index contributed by atoms with van der Waals surface area (Å²) in [5, 5.41) is 8.76. The number of rotatable bonds is 4. The van der Waals surface area contributed by atoms with Crippen LogP contribution in [0.4, 0.5) is 5.13 Å². The molecule has 0 spiro atoms. The lowest BCUT2D eigenvalue weighted by Gasteiger charge is -2.08.